The second kappa shape index (κ2) is 4.31. The number of rotatable bonds is 4. The van der Waals surface area contributed by atoms with E-state index in [9.17, 15) is 9.90 Å². The highest BCUT2D eigenvalue weighted by Crippen LogP contribution is 2.14. The molecule has 2 rings (SSSR count). The van der Waals surface area contributed by atoms with Gasteiger partial charge in [0.15, 0.2) is 0 Å². The first-order valence-electron chi connectivity index (χ1n) is 5.44. The first-order valence-corrected chi connectivity index (χ1v) is 5.44. The molecule has 0 aliphatic carbocycles. The van der Waals surface area contributed by atoms with Gasteiger partial charge in [-0.25, -0.2) is 4.98 Å². The highest BCUT2D eigenvalue weighted by atomic mass is 16.3. The smallest absolute Gasteiger partial charge is 0.248 e. The lowest BCUT2D eigenvalue weighted by molar-refractivity contribution is 0.00306. The van der Waals surface area contributed by atoms with Gasteiger partial charge in [-0.05, 0) is 19.1 Å². The van der Waals surface area contributed by atoms with Gasteiger partial charge < -0.3 is 21.5 Å². The summed E-state index contributed by atoms with van der Waals surface area (Å²) in [5.74, 6) is 0.0710. The Morgan fingerprint density at radius 2 is 2.35 bits per heavy atom. The third-order valence-corrected chi connectivity index (χ3v) is 2.74. The molecule has 1 amide bonds. The zero-order valence-corrected chi connectivity index (χ0v) is 9.66. The molecular weight excluding hydrogens is 220 g/mol. The van der Waals surface area contributed by atoms with Crippen molar-refractivity contribution >= 4 is 11.7 Å². The summed E-state index contributed by atoms with van der Waals surface area (Å²) in [7, 11) is 0. The van der Waals surface area contributed by atoms with Crippen LogP contribution in [-0.4, -0.2) is 41.2 Å². The number of hydrogen-bond acceptors (Lipinski definition) is 5. The van der Waals surface area contributed by atoms with Crippen molar-refractivity contribution in [1.82, 2.24) is 10.3 Å². The van der Waals surface area contributed by atoms with Gasteiger partial charge in [-0.15, -0.1) is 0 Å². The molecule has 1 fully saturated rings. The Labute approximate surface area is 99.2 Å². The number of aliphatic hydroxyl groups is 1. The number of nitrogens with two attached hydrogens (primary N) is 1. The Bertz CT molecular complexity index is 443. The minimum Gasteiger partial charge on any atom is -0.385 e. The highest BCUT2D eigenvalue weighted by molar-refractivity contribution is 5.93. The van der Waals surface area contributed by atoms with Gasteiger partial charge in [0.2, 0.25) is 5.91 Å². The van der Waals surface area contributed by atoms with E-state index in [0.717, 1.165) is 0 Å². The fourth-order valence-corrected chi connectivity index (χ4v) is 1.70. The van der Waals surface area contributed by atoms with E-state index in [0.29, 0.717) is 36.7 Å². The fourth-order valence-electron chi connectivity index (χ4n) is 1.70. The maximum absolute atomic E-state index is 11.1. The second-order valence-corrected chi connectivity index (χ2v) is 4.43. The van der Waals surface area contributed by atoms with Crippen LogP contribution >= 0.6 is 0 Å². The molecule has 0 radical (unpaired) electrons. The van der Waals surface area contributed by atoms with Crippen LogP contribution < -0.4 is 16.4 Å². The van der Waals surface area contributed by atoms with E-state index in [1.165, 1.54) is 0 Å². The number of aromatic nitrogens is 1. The quantitative estimate of drug-likeness (QED) is 0.550. The molecule has 6 nitrogen and oxygen atoms in total. The summed E-state index contributed by atoms with van der Waals surface area (Å²) in [6.07, 6.45) is 0. The number of hydrogen-bond donors (Lipinski definition) is 4. The molecule has 0 atom stereocenters. The number of nitrogens with one attached hydrogen (secondary N) is 2. The van der Waals surface area contributed by atoms with Gasteiger partial charge in [0.25, 0.3) is 0 Å². The van der Waals surface area contributed by atoms with E-state index in [1.54, 1.807) is 19.1 Å². The standard InChI is InChI=1S/C11H16N4O2/c1-7-2-8(10(12)16)3-9(15-7)14-6-11(17)4-13-5-11/h2-3,13,17H,4-6H2,1H3,(H2,12,16)(H,14,15). The van der Waals surface area contributed by atoms with E-state index in [2.05, 4.69) is 15.6 Å². The fraction of sp³-hybridized carbons (Fsp3) is 0.455. The Morgan fingerprint density at radius 1 is 1.65 bits per heavy atom. The van der Waals surface area contributed by atoms with Gasteiger partial charge in [0.1, 0.15) is 11.4 Å². The molecule has 0 spiro atoms. The maximum atomic E-state index is 11.1. The number of aryl methyl sites for hydroxylation is 1. The van der Waals surface area contributed by atoms with Crippen molar-refractivity contribution in [3.05, 3.63) is 23.4 Å². The lowest BCUT2D eigenvalue weighted by Gasteiger charge is -2.37. The van der Waals surface area contributed by atoms with E-state index in [-0.39, 0.29) is 0 Å². The third kappa shape index (κ3) is 2.72. The third-order valence-electron chi connectivity index (χ3n) is 2.74. The monoisotopic (exact) mass is 236 g/mol. The zero-order chi connectivity index (χ0) is 12.5. The number of β-amino-alcohol motifs (C(OH)–C–C–N with tert-alkyl or cyclic N) is 1. The molecule has 0 aromatic carbocycles. The molecule has 1 aromatic heterocycles. The van der Waals surface area contributed by atoms with Crippen LogP contribution in [0.15, 0.2) is 12.1 Å². The zero-order valence-electron chi connectivity index (χ0n) is 9.66. The minimum atomic E-state index is -0.724. The first-order chi connectivity index (χ1) is 7.98. The molecule has 92 valence electrons. The topological polar surface area (TPSA) is 100 Å². The maximum Gasteiger partial charge on any atom is 0.248 e. The van der Waals surface area contributed by atoms with Crippen molar-refractivity contribution in [3.63, 3.8) is 0 Å². The summed E-state index contributed by atoms with van der Waals surface area (Å²) in [6, 6.07) is 3.22. The first kappa shape index (κ1) is 11.8. The predicted octanol–water partition coefficient (Wildman–Crippen LogP) is -0.765. The molecule has 1 saturated heterocycles. The van der Waals surface area contributed by atoms with Gasteiger partial charge in [0.05, 0.1) is 0 Å². The summed E-state index contributed by atoms with van der Waals surface area (Å²) < 4.78 is 0. The van der Waals surface area contributed by atoms with Crippen LogP contribution in [0.2, 0.25) is 0 Å². The minimum absolute atomic E-state index is 0.397. The molecule has 0 saturated carbocycles. The van der Waals surface area contributed by atoms with Crippen LogP contribution in [0.1, 0.15) is 16.1 Å². The Hall–Kier alpha value is -1.66. The summed E-state index contributed by atoms with van der Waals surface area (Å²) in [5, 5.41) is 15.9. The average Bonchev–Trinajstić information content (AvgIpc) is 2.23. The van der Waals surface area contributed by atoms with Crippen LogP contribution in [0, 0.1) is 6.92 Å². The Balaban J connectivity index is 2.07. The molecule has 1 aromatic rings. The summed E-state index contributed by atoms with van der Waals surface area (Å²) in [6.45, 7) is 3.31. The Morgan fingerprint density at radius 3 is 2.88 bits per heavy atom. The lowest BCUT2D eigenvalue weighted by atomic mass is 9.97. The molecule has 0 bridgehead atoms. The molecule has 2 heterocycles. The number of pyridine rings is 1. The van der Waals surface area contributed by atoms with Crippen molar-refractivity contribution in [3.8, 4) is 0 Å². The molecular formula is C11H16N4O2. The SMILES string of the molecule is Cc1cc(C(N)=O)cc(NCC2(O)CNC2)n1. The highest BCUT2D eigenvalue weighted by Gasteiger charge is 2.33. The Kier molecular flexibility index (Phi) is 2.99. The molecule has 1 aliphatic rings. The number of carbonyl (C=O) groups excluding carboxylic acids is 1. The van der Waals surface area contributed by atoms with Crippen LogP contribution in [0.4, 0.5) is 5.82 Å². The second-order valence-electron chi connectivity index (χ2n) is 4.43. The van der Waals surface area contributed by atoms with Crippen LogP contribution in [0.25, 0.3) is 0 Å². The van der Waals surface area contributed by atoms with Crippen molar-refractivity contribution in [2.24, 2.45) is 5.73 Å². The summed E-state index contributed by atoms with van der Waals surface area (Å²) >= 11 is 0. The van der Waals surface area contributed by atoms with Gasteiger partial charge >= 0.3 is 0 Å². The van der Waals surface area contributed by atoms with Crippen molar-refractivity contribution in [2.75, 3.05) is 25.0 Å². The lowest BCUT2D eigenvalue weighted by Crippen LogP contribution is -2.63. The van der Waals surface area contributed by atoms with Gasteiger partial charge in [-0.3, -0.25) is 4.79 Å². The van der Waals surface area contributed by atoms with Crippen LogP contribution in [0.3, 0.4) is 0 Å². The molecule has 5 N–H and O–H groups in total. The molecule has 6 heteroatoms. The van der Waals surface area contributed by atoms with Crippen molar-refractivity contribution < 1.29 is 9.90 Å². The summed E-state index contributed by atoms with van der Waals surface area (Å²) in [4.78, 5) is 15.3. The van der Waals surface area contributed by atoms with Crippen molar-refractivity contribution in [1.29, 1.82) is 0 Å². The number of nitrogens with zero attached hydrogens (tertiary/aromatic N) is 1. The van der Waals surface area contributed by atoms with Crippen LogP contribution in [-0.2, 0) is 0 Å². The van der Waals surface area contributed by atoms with Gasteiger partial charge in [-0.2, -0.15) is 0 Å². The molecule has 0 unspecified atom stereocenters. The predicted molar refractivity (Wildman–Crippen MR) is 63.8 cm³/mol. The van der Waals surface area contributed by atoms with E-state index < -0.39 is 11.5 Å². The normalized spacial score (nSPS) is 17.3. The average molecular weight is 236 g/mol. The number of carbonyl (C=O) groups is 1. The molecule has 1 aliphatic heterocycles. The van der Waals surface area contributed by atoms with Crippen molar-refractivity contribution in [2.45, 2.75) is 12.5 Å². The number of amides is 1. The largest absolute Gasteiger partial charge is 0.385 e. The van der Waals surface area contributed by atoms with Gasteiger partial charge in [0, 0.05) is 30.9 Å². The molecule has 17 heavy (non-hydrogen) atoms. The summed E-state index contributed by atoms with van der Waals surface area (Å²) in [5.41, 5.74) is 5.62. The number of anilines is 1. The number of primary amides is 1. The van der Waals surface area contributed by atoms with Crippen LogP contribution in [0.5, 0.6) is 0 Å². The van der Waals surface area contributed by atoms with E-state index in [4.69, 9.17) is 5.73 Å². The van der Waals surface area contributed by atoms with E-state index in [1.807, 2.05) is 0 Å². The van der Waals surface area contributed by atoms with Gasteiger partial charge in [-0.1, -0.05) is 0 Å². The van der Waals surface area contributed by atoms with E-state index >= 15 is 0 Å².